The van der Waals surface area contributed by atoms with Crippen molar-refractivity contribution in [1.29, 1.82) is 0 Å². The summed E-state index contributed by atoms with van der Waals surface area (Å²) < 4.78 is 13.5. The van der Waals surface area contributed by atoms with Gasteiger partial charge in [0.25, 0.3) is 0 Å². The van der Waals surface area contributed by atoms with E-state index in [1.165, 1.54) is 19.3 Å². The Morgan fingerprint density at radius 2 is 1.54 bits per heavy atom. The fourth-order valence-electron chi connectivity index (χ4n) is 3.72. The Bertz CT molecular complexity index is 525. The molecule has 3 unspecified atom stereocenters. The summed E-state index contributed by atoms with van der Waals surface area (Å²) in [5.41, 5.74) is 0.201. The zero-order valence-corrected chi connectivity index (χ0v) is 21.2. The molecular formula is C22H44O2Si2. The molecule has 0 aliphatic heterocycles. The summed E-state index contributed by atoms with van der Waals surface area (Å²) in [5.74, 6) is 0.730. The van der Waals surface area contributed by atoms with Gasteiger partial charge in [0.1, 0.15) is 0 Å². The second-order valence-electron chi connectivity index (χ2n) is 11.9. The van der Waals surface area contributed by atoms with Crippen LogP contribution >= 0.6 is 0 Å². The van der Waals surface area contributed by atoms with Crippen LogP contribution in [0.5, 0.6) is 0 Å². The van der Waals surface area contributed by atoms with E-state index in [0.29, 0.717) is 6.10 Å². The lowest BCUT2D eigenvalue weighted by Crippen LogP contribution is -2.53. The van der Waals surface area contributed by atoms with Crippen molar-refractivity contribution in [3.05, 3.63) is 12.2 Å². The number of rotatable bonds is 6. The van der Waals surface area contributed by atoms with E-state index in [1.807, 2.05) is 0 Å². The molecule has 0 aromatic carbocycles. The molecule has 1 fully saturated rings. The number of hydrogen-bond acceptors (Lipinski definition) is 2. The van der Waals surface area contributed by atoms with Crippen LogP contribution in [0.3, 0.4) is 0 Å². The second-order valence-corrected chi connectivity index (χ2v) is 21.4. The third-order valence-electron chi connectivity index (χ3n) is 7.92. The predicted molar refractivity (Wildman–Crippen MR) is 119 cm³/mol. The molecule has 0 aromatic rings. The molecule has 0 saturated heterocycles. The van der Waals surface area contributed by atoms with E-state index in [9.17, 15) is 0 Å². The highest BCUT2D eigenvalue weighted by Gasteiger charge is 2.49. The van der Waals surface area contributed by atoms with E-state index in [-0.39, 0.29) is 15.5 Å². The fourth-order valence-corrected chi connectivity index (χ4v) is 6.16. The van der Waals surface area contributed by atoms with Gasteiger partial charge in [-0.25, -0.2) is 0 Å². The van der Waals surface area contributed by atoms with E-state index in [0.717, 1.165) is 18.9 Å². The summed E-state index contributed by atoms with van der Waals surface area (Å²) in [4.78, 5) is 0. The molecule has 2 nitrogen and oxygen atoms in total. The first-order valence-corrected chi connectivity index (χ1v) is 16.4. The average molecular weight is 397 g/mol. The minimum Gasteiger partial charge on any atom is -0.417 e. The molecule has 0 radical (unpaired) electrons. The molecule has 4 heteroatoms. The Labute approximate surface area is 165 Å². The molecule has 152 valence electrons. The molecule has 2 bridgehead atoms. The van der Waals surface area contributed by atoms with Crippen molar-refractivity contribution in [2.75, 3.05) is 6.61 Å². The molecule has 0 spiro atoms. The van der Waals surface area contributed by atoms with Crippen LogP contribution in [-0.2, 0) is 8.85 Å². The predicted octanol–water partition coefficient (Wildman–Crippen LogP) is 7.15. The maximum atomic E-state index is 6.97. The molecule has 3 aliphatic rings. The molecule has 3 rings (SSSR count). The molecule has 0 amide bonds. The Balaban J connectivity index is 2.10. The number of fused-ring (bicyclic) bond motifs is 2. The molecule has 3 atom stereocenters. The first-order chi connectivity index (χ1) is 11.6. The zero-order valence-electron chi connectivity index (χ0n) is 19.2. The van der Waals surface area contributed by atoms with Gasteiger partial charge in [0.2, 0.25) is 0 Å². The average Bonchev–Trinajstić information content (AvgIpc) is 2.46. The van der Waals surface area contributed by atoms with Crippen molar-refractivity contribution in [1.82, 2.24) is 0 Å². The van der Waals surface area contributed by atoms with Crippen molar-refractivity contribution in [3.63, 3.8) is 0 Å². The van der Waals surface area contributed by atoms with Crippen LogP contribution in [0.4, 0.5) is 0 Å². The van der Waals surface area contributed by atoms with E-state index in [2.05, 4.69) is 79.9 Å². The third-order valence-corrected chi connectivity index (χ3v) is 16.9. The normalized spacial score (nSPS) is 30.1. The van der Waals surface area contributed by atoms with Crippen molar-refractivity contribution < 1.29 is 8.85 Å². The number of hydrogen-bond donors (Lipinski definition) is 0. The van der Waals surface area contributed by atoms with E-state index in [1.54, 1.807) is 0 Å². The van der Waals surface area contributed by atoms with Gasteiger partial charge < -0.3 is 8.85 Å². The topological polar surface area (TPSA) is 18.5 Å². The maximum absolute atomic E-state index is 6.97. The largest absolute Gasteiger partial charge is 0.417 e. The van der Waals surface area contributed by atoms with Gasteiger partial charge in [-0.1, -0.05) is 53.7 Å². The summed E-state index contributed by atoms with van der Waals surface area (Å²) in [6.45, 7) is 24.4. The smallest absolute Gasteiger partial charge is 0.192 e. The summed E-state index contributed by atoms with van der Waals surface area (Å²) in [6, 6.07) is 0. The summed E-state index contributed by atoms with van der Waals surface area (Å²) in [7, 11) is -3.43. The highest BCUT2D eigenvalue weighted by Crippen LogP contribution is 2.52. The van der Waals surface area contributed by atoms with Crippen LogP contribution in [0.15, 0.2) is 12.2 Å². The minimum atomic E-state index is -1.75. The lowest BCUT2D eigenvalue weighted by atomic mass is 9.62. The molecule has 0 heterocycles. The monoisotopic (exact) mass is 396 g/mol. The lowest BCUT2D eigenvalue weighted by Gasteiger charge is -2.52. The van der Waals surface area contributed by atoms with Crippen LogP contribution in [-0.4, -0.2) is 29.3 Å². The van der Waals surface area contributed by atoms with Crippen molar-refractivity contribution in [2.24, 2.45) is 11.3 Å². The Morgan fingerprint density at radius 1 is 0.962 bits per heavy atom. The Kier molecular flexibility index (Phi) is 6.17. The molecule has 1 saturated carbocycles. The van der Waals surface area contributed by atoms with E-state index < -0.39 is 16.6 Å². The third kappa shape index (κ3) is 4.56. The minimum absolute atomic E-state index is 0.201. The SMILES string of the molecule is CC(C)(C)[Si](C)(C)OCCC12C=CC(CC1)CC2O[Si](C)(C)C(C)(C)C. The first-order valence-electron chi connectivity index (χ1n) is 10.6. The second kappa shape index (κ2) is 7.16. The van der Waals surface area contributed by atoms with Crippen LogP contribution in [0.25, 0.3) is 0 Å². The Hall–Kier alpha value is 0.0938. The number of allylic oxidation sites excluding steroid dienone is 1. The van der Waals surface area contributed by atoms with Gasteiger partial charge >= 0.3 is 0 Å². The van der Waals surface area contributed by atoms with Gasteiger partial charge in [-0.2, -0.15) is 0 Å². The maximum Gasteiger partial charge on any atom is 0.192 e. The van der Waals surface area contributed by atoms with Crippen LogP contribution in [0.2, 0.25) is 36.3 Å². The first kappa shape index (κ1) is 22.4. The fraction of sp³-hybridized carbons (Fsp3) is 0.909. The van der Waals surface area contributed by atoms with Crippen LogP contribution < -0.4 is 0 Å². The highest BCUT2D eigenvalue weighted by atomic mass is 28.4. The van der Waals surface area contributed by atoms with Gasteiger partial charge in [-0.3, -0.25) is 0 Å². The van der Waals surface area contributed by atoms with Gasteiger partial charge in [0.15, 0.2) is 16.6 Å². The summed E-state index contributed by atoms with van der Waals surface area (Å²) in [6.07, 6.45) is 10.3. The molecule has 0 aromatic heterocycles. The zero-order chi connectivity index (χ0) is 20.0. The van der Waals surface area contributed by atoms with Gasteiger partial charge in [0.05, 0.1) is 6.10 Å². The molecule has 3 aliphatic carbocycles. The quantitative estimate of drug-likeness (QED) is 0.350. The summed E-state index contributed by atoms with van der Waals surface area (Å²) >= 11 is 0. The highest BCUT2D eigenvalue weighted by molar-refractivity contribution is 6.74. The molecular weight excluding hydrogens is 352 g/mol. The lowest BCUT2D eigenvalue weighted by molar-refractivity contribution is -0.00743. The molecule has 0 N–H and O–H groups in total. The van der Waals surface area contributed by atoms with Crippen molar-refractivity contribution in [2.45, 2.75) is 110 Å². The van der Waals surface area contributed by atoms with Crippen LogP contribution in [0.1, 0.15) is 67.2 Å². The van der Waals surface area contributed by atoms with Crippen molar-refractivity contribution >= 4 is 16.6 Å². The van der Waals surface area contributed by atoms with E-state index in [4.69, 9.17) is 8.85 Å². The van der Waals surface area contributed by atoms with Crippen LogP contribution in [0, 0.1) is 11.3 Å². The van der Waals surface area contributed by atoms with Crippen molar-refractivity contribution in [3.8, 4) is 0 Å². The molecule has 26 heavy (non-hydrogen) atoms. The van der Waals surface area contributed by atoms with E-state index >= 15 is 0 Å². The van der Waals surface area contributed by atoms with Gasteiger partial charge in [0, 0.05) is 12.0 Å². The van der Waals surface area contributed by atoms with Gasteiger partial charge in [-0.05, 0) is 67.9 Å². The Morgan fingerprint density at radius 3 is 2.00 bits per heavy atom. The van der Waals surface area contributed by atoms with Gasteiger partial charge in [-0.15, -0.1) is 0 Å². The summed E-state index contributed by atoms with van der Waals surface area (Å²) in [5, 5.41) is 0.550. The standard InChI is InChI=1S/C22H44O2Si2/c1-20(2,3)25(7,8)23-16-15-22-13-11-18(12-14-22)17-19(22)24-26(9,10)21(4,5)6/h11,13,18-19H,12,14-17H2,1-10H3.